The molecule has 1 fully saturated rings. The van der Waals surface area contributed by atoms with Crippen LogP contribution in [0.2, 0.25) is 5.15 Å². The standard InChI is InChI=1S/C22H26ClN3O5S/c1-2-25(15-17-5-3-6-18-20(17)31-14-13-30-18)22(27)16-8-11-26(12-9-16)32(28,29)19-7-4-10-24-21(19)23/h3-7,10,16H,2,8-9,11-15H2,1H3. The number of carbonyl (C=O) groups excluding carboxylic acids is 1. The minimum atomic E-state index is -3.74. The van der Waals surface area contributed by atoms with Gasteiger partial charge < -0.3 is 14.4 Å². The quantitative estimate of drug-likeness (QED) is 0.592. The lowest BCUT2D eigenvalue weighted by Gasteiger charge is -2.33. The van der Waals surface area contributed by atoms with E-state index in [2.05, 4.69) is 4.98 Å². The summed E-state index contributed by atoms with van der Waals surface area (Å²) >= 11 is 6.00. The van der Waals surface area contributed by atoms with Crippen molar-refractivity contribution in [3.8, 4) is 11.5 Å². The van der Waals surface area contributed by atoms with Crippen molar-refractivity contribution in [1.29, 1.82) is 0 Å². The second-order valence-electron chi connectivity index (χ2n) is 7.76. The van der Waals surface area contributed by atoms with Crippen LogP contribution in [-0.4, -0.2) is 61.4 Å². The van der Waals surface area contributed by atoms with Crippen molar-refractivity contribution in [2.75, 3.05) is 32.8 Å². The third-order valence-electron chi connectivity index (χ3n) is 5.85. The van der Waals surface area contributed by atoms with Crippen molar-refractivity contribution in [3.05, 3.63) is 47.2 Å². The van der Waals surface area contributed by atoms with Gasteiger partial charge in [0, 0.05) is 43.9 Å². The Bertz CT molecular complexity index is 1090. The molecule has 10 heteroatoms. The van der Waals surface area contributed by atoms with Crippen LogP contribution in [0.3, 0.4) is 0 Å². The molecule has 0 saturated carbocycles. The summed E-state index contributed by atoms with van der Waals surface area (Å²) in [5.41, 5.74) is 0.906. The van der Waals surface area contributed by atoms with Crippen molar-refractivity contribution >= 4 is 27.5 Å². The average molecular weight is 480 g/mol. The number of ether oxygens (including phenoxy) is 2. The van der Waals surface area contributed by atoms with Gasteiger partial charge in [-0.1, -0.05) is 23.7 Å². The summed E-state index contributed by atoms with van der Waals surface area (Å²) < 4.78 is 38.7. The molecule has 2 aromatic rings. The maximum absolute atomic E-state index is 13.2. The minimum Gasteiger partial charge on any atom is -0.486 e. The molecule has 0 N–H and O–H groups in total. The Morgan fingerprint density at radius 3 is 2.66 bits per heavy atom. The first-order valence-electron chi connectivity index (χ1n) is 10.7. The molecule has 172 valence electrons. The molecule has 3 heterocycles. The van der Waals surface area contributed by atoms with E-state index in [0.717, 1.165) is 5.56 Å². The minimum absolute atomic E-state index is 0.00213. The topological polar surface area (TPSA) is 89.0 Å². The van der Waals surface area contributed by atoms with E-state index in [4.69, 9.17) is 21.1 Å². The lowest BCUT2D eigenvalue weighted by molar-refractivity contribution is -0.137. The number of para-hydroxylation sites is 1. The van der Waals surface area contributed by atoms with Gasteiger partial charge in [0.05, 0.1) is 0 Å². The third kappa shape index (κ3) is 4.55. The number of hydrogen-bond acceptors (Lipinski definition) is 6. The molecule has 4 rings (SSSR count). The summed E-state index contributed by atoms with van der Waals surface area (Å²) in [6.07, 6.45) is 2.37. The van der Waals surface area contributed by atoms with Crippen LogP contribution in [-0.2, 0) is 21.4 Å². The summed E-state index contributed by atoms with van der Waals surface area (Å²) in [6.45, 7) is 4.43. The molecule has 0 radical (unpaired) electrons. The highest BCUT2D eigenvalue weighted by molar-refractivity contribution is 7.89. The number of sulfonamides is 1. The molecule has 2 aliphatic rings. The lowest BCUT2D eigenvalue weighted by Crippen LogP contribution is -2.44. The van der Waals surface area contributed by atoms with Crippen LogP contribution in [0.15, 0.2) is 41.4 Å². The number of carbonyl (C=O) groups is 1. The van der Waals surface area contributed by atoms with E-state index in [-0.39, 0.29) is 35.0 Å². The maximum Gasteiger partial charge on any atom is 0.246 e. The molecule has 1 amide bonds. The van der Waals surface area contributed by atoms with Gasteiger partial charge in [-0.15, -0.1) is 0 Å². The van der Waals surface area contributed by atoms with Gasteiger partial charge in [-0.3, -0.25) is 4.79 Å². The first kappa shape index (κ1) is 22.8. The molecule has 1 aromatic heterocycles. The van der Waals surface area contributed by atoms with E-state index in [9.17, 15) is 13.2 Å². The second kappa shape index (κ2) is 9.64. The molecular formula is C22H26ClN3O5S. The first-order chi connectivity index (χ1) is 15.4. The molecule has 32 heavy (non-hydrogen) atoms. The fourth-order valence-electron chi connectivity index (χ4n) is 4.11. The van der Waals surface area contributed by atoms with Crippen molar-refractivity contribution in [3.63, 3.8) is 0 Å². The average Bonchev–Trinajstić information content (AvgIpc) is 2.82. The number of hydrogen-bond donors (Lipinski definition) is 0. The normalized spacial score (nSPS) is 17.2. The third-order valence-corrected chi connectivity index (χ3v) is 8.19. The number of amides is 1. The summed E-state index contributed by atoms with van der Waals surface area (Å²) in [7, 11) is -3.74. The zero-order valence-corrected chi connectivity index (χ0v) is 19.4. The number of benzene rings is 1. The van der Waals surface area contributed by atoms with Crippen molar-refractivity contribution in [2.24, 2.45) is 5.92 Å². The predicted molar refractivity (Wildman–Crippen MR) is 119 cm³/mol. The van der Waals surface area contributed by atoms with Crippen molar-refractivity contribution in [2.45, 2.75) is 31.2 Å². The number of fused-ring (bicyclic) bond motifs is 1. The molecule has 2 aliphatic heterocycles. The predicted octanol–water partition coefficient (Wildman–Crippen LogP) is 2.96. The summed E-state index contributed by atoms with van der Waals surface area (Å²) in [6, 6.07) is 8.70. The van der Waals surface area contributed by atoms with Crippen LogP contribution in [0.1, 0.15) is 25.3 Å². The van der Waals surface area contributed by atoms with E-state index in [1.54, 1.807) is 11.0 Å². The molecule has 0 bridgehead atoms. The van der Waals surface area contributed by atoms with E-state index < -0.39 is 10.0 Å². The molecule has 1 saturated heterocycles. The monoisotopic (exact) mass is 479 g/mol. The number of rotatable bonds is 6. The van der Waals surface area contributed by atoms with E-state index >= 15 is 0 Å². The Balaban J connectivity index is 1.42. The number of pyridine rings is 1. The van der Waals surface area contributed by atoms with Crippen LogP contribution >= 0.6 is 11.6 Å². The summed E-state index contributed by atoms with van der Waals surface area (Å²) in [4.78, 5) is 18.9. The van der Waals surface area contributed by atoms with E-state index in [1.807, 2.05) is 25.1 Å². The molecule has 0 atom stereocenters. The van der Waals surface area contributed by atoms with Gasteiger partial charge in [0.1, 0.15) is 23.3 Å². The van der Waals surface area contributed by atoms with Crippen molar-refractivity contribution < 1.29 is 22.7 Å². The van der Waals surface area contributed by atoms with Gasteiger partial charge in [-0.05, 0) is 38.0 Å². The molecule has 0 aliphatic carbocycles. The highest BCUT2D eigenvalue weighted by Crippen LogP contribution is 2.35. The zero-order chi connectivity index (χ0) is 22.7. The fraction of sp³-hybridized carbons (Fsp3) is 0.455. The molecular weight excluding hydrogens is 454 g/mol. The van der Waals surface area contributed by atoms with Crippen LogP contribution in [0, 0.1) is 5.92 Å². The first-order valence-corrected chi connectivity index (χ1v) is 12.5. The van der Waals surface area contributed by atoms with Gasteiger partial charge in [0.15, 0.2) is 11.5 Å². The summed E-state index contributed by atoms with van der Waals surface area (Å²) in [5, 5.41) is -0.0414. The molecule has 8 nitrogen and oxygen atoms in total. The van der Waals surface area contributed by atoms with Gasteiger partial charge in [0.2, 0.25) is 15.9 Å². The fourth-order valence-corrected chi connectivity index (χ4v) is 6.01. The van der Waals surface area contributed by atoms with Crippen LogP contribution in [0.4, 0.5) is 0 Å². The smallest absolute Gasteiger partial charge is 0.246 e. The Labute approximate surface area is 193 Å². The molecule has 1 aromatic carbocycles. The lowest BCUT2D eigenvalue weighted by atomic mass is 9.96. The number of halogens is 1. The number of aromatic nitrogens is 1. The van der Waals surface area contributed by atoms with Gasteiger partial charge in [-0.2, -0.15) is 4.31 Å². The van der Waals surface area contributed by atoms with Crippen LogP contribution in [0.25, 0.3) is 0 Å². The maximum atomic E-state index is 13.2. The highest BCUT2D eigenvalue weighted by atomic mass is 35.5. The van der Waals surface area contributed by atoms with Crippen LogP contribution in [0.5, 0.6) is 11.5 Å². The second-order valence-corrected chi connectivity index (χ2v) is 10.0. The number of nitrogens with zero attached hydrogens (tertiary/aromatic N) is 3. The van der Waals surface area contributed by atoms with E-state index in [1.165, 1.54) is 16.6 Å². The largest absolute Gasteiger partial charge is 0.486 e. The SMILES string of the molecule is CCN(Cc1cccc2c1OCCO2)C(=O)C1CCN(S(=O)(=O)c2cccnc2Cl)CC1. The molecule has 0 unspecified atom stereocenters. The van der Waals surface area contributed by atoms with E-state index in [0.29, 0.717) is 50.6 Å². The molecule has 0 spiro atoms. The van der Waals surface area contributed by atoms with Gasteiger partial charge in [-0.25, -0.2) is 13.4 Å². The highest BCUT2D eigenvalue weighted by Gasteiger charge is 2.35. The van der Waals surface area contributed by atoms with Gasteiger partial charge in [0.25, 0.3) is 0 Å². The Morgan fingerprint density at radius 2 is 1.94 bits per heavy atom. The zero-order valence-electron chi connectivity index (χ0n) is 17.9. The Hall–Kier alpha value is -2.36. The van der Waals surface area contributed by atoms with Crippen molar-refractivity contribution in [1.82, 2.24) is 14.2 Å². The van der Waals surface area contributed by atoms with Gasteiger partial charge >= 0.3 is 0 Å². The summed E-state index contributed by atoms with van der Waals surface area (Å²) in [5.74, 6) is 1.19. The number of piperidine rings is 1. The van der Waals surface area contributed by atoms with Crippen LogP contribution < -0.4 is 9.47 Å². The Kier molecular flexibility index (Phi) is 6.88. The Morgan fingerprint density at radius 1 is 1.19 bits per heavy atom.